The Morgan fingerprint density at radius 2 is 1.67 bits per heavy atom. The molecule has 27 heavy (non-hydrogen) atoms. The number of carbonyl (C=O) groups excluding carboxylic acids is 1. The normalized spacial score (nSPS) is 27.9. The van der Waals surface area contributed by atoms with Crippen molar-refractivity contribution in [3.8, 4) is 0 Å². The minimum absolute atomic E-state index is 0.233. The van der Waals surface area contributed by atoms with Gasteiger partial charge in [0.05, 0.1) is 5.56 Å². The molecule has 0 bridgehead atoms. The number of rotatable bonds is 5. The predicted molar refractivity (Wildman–Crippen MR) is 100 cm³/mol. The molecule has 7 heteroatoms. The number of aliphatic hydroxyl groups is 3. The highest BCUT2D eigenvalue weighted by atomic mass is 32.2. The van der Waals surface area contributed by atoms with Gasteiger partial charge in [-0.05, 0) is 31.2 Å². The Bertz CT molecular complexity index is 751. The summed E-state index contributed by atoms with van der Waals surface area (Å²) >= 11 is 1.24. The van der Waals surface area contributed by atoms with Gasteiger partial charge in [-0.1, -0.05) is 47.7 Å². The summed E-state index contributed by atoms with van der Waals surface area (Å²) in [4.78, 5) is 12.9. The van der Waals surface area contributed by atoms with Crippen molar-refractivity contribution in [3.05, 3.63) is 65.7 Å². The molecule has 1 aliphatic rings. The maximum absolute atomic E-state index is 12.1. The molecular weight excluding hydrogens is 368 g/mol. The van der Waals surface area contributed by atoms with Crippen LogP contribution in [0, 0.1) is 6.92 Å². The van der Waals surface area contributed by atoms with Crippen LogP contribution in [0.1, 0.15) is 15.9 Å². The van der Waals surface area contributed by atoms with E-state index in [2.05, 4.69) is 0 Å². The highest BCUT2D eigenvalue weighted by Crippen LogP contribution is 2.33. The van der Waals surface area contributed by atoms with E-state index >= 15 is 0 Å². The first-order valence-electron chi connectivity index (χ1n) is 8.61. The van der Waals surface area contributed by atoms with Crippen LogP contribution in [0.2, 0.25) is 0 Å². The monoisotopic (exact) mass is 390 g/mol. The van der Waals surface area contributed by atoms with E-state index in [-0.39, 0.29) is 6.61 Å². The lowest BCUT2D eigenvalue weighted by atomic mass is 10.0. The standard InChI is InChI=1S/C20H22O6S/c1-12-7-9-14(10-8-12)27-20-18(23)17(22)16(21)15(26-20)11-25-19(24)13-5-3-2-4-6-13/h2-10,15-18,20-23H,11H2,1H3/t15-,16+,17+,18-,20+/m1/s1. The van der Waals surface area contributed by atoms with Crippen LogP contribution in [0.15, 0.2) is 59.5 Å². The fraction of sp³-hybridized carbons (Fsp3) is 0.350. The molecule has 3 N–H and O–H groups in total. The maximum Gasteiger partial charge on any atom is 0.338 e. The molecule has 2 aromatic carbocycles. The van der Waals surface area contributed by atoms with Crippen molar-refractivity contribution >= 4 is 17.7 Å². The molecule has 0 aromatic heterocycles. The number of aryl methyl sites for hydroxylation is 1. The zero-order valence-corrected chi connectivity index (χ0v) is 15.6. The number of hydrogen-bond donors (Lipinski definition) is 3. The van der Waals surface area contributed by atoms with Crippen LogP contribution in [0.3, 0.4) is 0 Å². The molecule has 0 amide bonds. The van der Waals surface area contributed by atoms with Crippen molar-refractivity contribution in [2.45, 2.75) is 41.7 Å². The van der Waals surface area contributed by atoms with Crippen LogP contribution in [-0.2, 0) is 9.47 Å². The Kier molecular flexibility index (Phi) is 6.51. The van der Waals surface area contributed by atoms with Gasteiger partial charge in [0.2, 0.25) is 0 Å². The van der Waals surface area contributed by atoms with E-state index in [4.69, 9.17) is 9.47 Å². The second-order valence-electron chi connectivity index (χ2n) is 6.41. The van der Waals surface area contributed by atoms with E-state index in [9.17, 15) is 20.1 Å². The molecule has 2 aromatic rings. The summed E-state index contributed by atoms with van der Waals surface area (Å²) in [6.07, 6.45) is -4.98. The lowest BCUT2D eigenvalue weighted by Gasteiger charge is -2.40. The maximum atomic E-state index is 12.1. The Morgan fingerprint density at radius 1 is 1.00 bits per heavy atom. The van der Waals surface area contributed by atoms with E-state index in [1.807, 2.05) is 31.2 Å². The zero-order chi connectivity index (χ0) is 19.4. The van der Waals surface area contributed by atoms with Crippen LogP contribution >= 0.6 is 11.8 Å². The van der Waals surface area contributed by atoms with Crippen molar-refractivity contribution in [1.82, 2.24) is 0 Å². The first-order valence-corrected chi connectivity index (χ1v) is 9.49. The summed E-state index contributed by atoms with van der Waals surface area (Å²) in [6.45, 7) is 1.74. The van der Waals surface area contributed by atoms with Crippen LogP contribution in [0.4, 0.5) is 0 Å². The SMILES string of the molecule is Cc1ccc(S[C@@H]2O[C@H](COC(=O)c3ccccc3)[C@H](O)[C@H](O)[C@H]2O)cc1. The molecule has 0 radical (unpaired) electrons. The summed E-state index contributed by atoms with van der Waals surface area (Å²) in [6, 6.07) is 16.1. The summed E-state index contributed by atoms with van der Waals surface area (Å²) in [5.74, 6) is -0.547. The number of carbonyl (C=O) groups is 1. The Balaban J connectivity index is 1.64. The summed E-state index contributed by atoms with van der Waals surface area (Å²) in [5, 5.41) is 30.6. The van der Waals surface area contributed by atoms with Gasteiger partial charge in [0.25, 0.3) is 0 Å². The third kappa shape index (κ3) is 4.88. The number of thioether (sulfide) groups is 1. The number of ether oxygens (including phenoxy) is 2. The quantitative estimate of drug-likeness (QED) is 0.670. The Labute approximate surface area is 161 Å². The number of aliphatic hydroxyl groups excluding tert-OH is 3. The lowest BCUT2D eigenvalue weighted by Crippen LogP contribution is -2.57. The fourth-order valence-corrected chi connectivity index (χ4v) is 3.78. The number of hydrogen-bond acceptors (Lipinski definition) is 7. The van der Waals surface area contributed by atoms with E-state index in [1.54, 1.807) is 30.3 Å². The molecule has 144 valence electrons. The van der Waals surface area contributed by atoms with Crippen LogP contribution in [0.5, 0.6) is 0 Å². The fourth-order valence-electron chi connectivity index (χ4n) is 2.72. The predicted octanol–water partition coefficient (Wildman–Crippen LogP) is 1.75. The molecule has 3 rings (SSSR count). The molecule has 0 aliphatic carbocycles. The van der Waals surface area contributed by atoms with Gasteiger partial charge in [0.1, 0.15) is 36.5 Å². The van der Waals surface area contributed by atoms with Crippen LogP contribution in [-0.4, -0.2) is 57.7 Å². The van der Waals surface area contributed by atoms with Gasteiger partial charge in [-0.15, -0.1) is 0 Å². The average molecular weight is 390 g/mol. The van der Waals surface area contributed by atoms with Crippen LogP contribution in [0.25, 0.3) is 0 Å². The molecule has 0 saturated carbocycles. The summed E-state index contributed by atoms with van der Waals surface area (Å²) in [7, 11) is 0. The molecule has 0 spiro atoms. The topological polar surface area (TPSA) is 96.2 Å². The zero-order valence-electron chi connectivity index (χ0n) is 14.8. The molecule has 0 unspecified atom stereocenters. The van der Waals surface area contributed by atoms with Crippen LogP contribution < -0.4 is 0 Å². The highest BCUT2D eigenvalue weighted by Gasteiger charge is 2.44. The smallest absolute Gasteiger partial charge is 0.338 e. The van der Waals surface area contributed by atoms with Gasteiger partial charge in [-0.25, -0.2) is 4.79 Å². The molecule has 1 aliphatic heterocycles. The van der Waals surface area contributed by atoms with Gasteiger partial charge < -0.3 is 24.8 Å². The minimum atomic E-state index is -1.40. The second kappa shape index (κ2) is 8.86. The highest BCUT2D eigenvalue weighted by molar-refractivity contribution is 7.99. The number of esters is 1. The van der Waals surface area contributed by atoms with Crippen molar-refractivity contribution in [2.75, 3.05) is 6.61 Å². The van der Waals surface area contributed by atoms with Crippen molar-refractivity contribution in [2.24, 2.45) is 0 Å². The van der Waals surface area contributed by atoms with E-state index in [1.165, 1.54) is 11.8 Å². The van der Waals surface area contributed by atoms with Gasteiger partial charge in [0.15, 0.2) is 0 Å². The van der Waals surface area contributed by atoms with Gasteiger partial charge in [-0.3, -0.25) is 0 Å². The first kappa shape index (κ1) is 19.9. The molecule has 1 fully saturated rings. The first-order chi connectivity index (χ1) is 13.0. The molecular formula is C20H22O6S. The average Bonchev–Trinajstić information content (AvgIpc) is 2.69. The van der Waals surface area contributed by atoms with Gasteiger partial charge >= 0.3 is 5.97 Å². The minimum Gasteiger partial charge on any atom is -0.459 e. The molecule has 1 saturated heterocycles. The Hall–Kier alpha value is -1.90. The van der Waals surface area contributed by atoms with E-state index in [0.717, 1.165) is 10.5 Å². The summed E-state index contributed by atoms with van der Waals surface area (Å²) in [5.41, 5.74) is 0.686. The van der Waals surface area contributed by atoms with Crippen molar-refractivity contribution < 1.29 is 29.6 Å². The van der Waals surface area contributed by atoms with Gasteiger partial charge in [-0.2, -0.15) is 0 Å². The van der Waals surface area contributed by atoms with E-state index < -0.39 is 35.8 Å². The van der Waals surface area contributed by atoms with E-state index in [0.29, 0.717) is 5.56 Å². The third-order valence-electron chi connectivity index (χ3n) is 4.33. The molecule has 6 nitrogen and oxygen atoms in total. The van der Waals surface area contributed by atoms with Crippen molar-refractivity contribution in [1.29, 1.82) is 0 Å². The largest absolute Gasteiger partial charge is 0.459 e. The van der Waals surface area contributed by atoms with Gasteiger partial charge in [0, 0.05) is 4.90 Å². The lowest BCUT2D eigenvalue weighted by molar-refractivity contribution is -0.205. The van der Waals surface area contributed by atoms with Crippen molar-refractivity contribution in [3.63, 3.8) is 0 Å². The molecule has 1 heterocycles. The summed E-state index contributed by atoms with van der Waals surface area (Å²) < 4.78 is 10.9. The second-order valence-corrected chi connectivity index (χ2v) is 7.58. The molecule has 5 atom stereocenters. The number of benzene rings is 2. The Morgan fingerprint density at radius 3 is 2.33 bits per heavy atom. The third-order valence-corrected chi connectivity index (χ3v) is 5.50.